The number of para-hydroxylation sites is 1. The second kappa shape index (κ2) is 7.43. The first-order valence-electron chi connectivity index (χ1n) is 9.54. The number of hydrogen-bond donors (Lipinski definition) is 1. The SMILES string of the molecule is Cc1ccccc1OCC(=O)Nc1ccc2c(c1)N(C(=O)C1CC1)CCC2. The first-order valence-corrected chi connectivity index (χ1v) is 9.54. The molecule has 1 N–H and O–H groups in total. The molecule has 5 nitrogen and oxygen atoms in total. The fraction of sp³-hybridized carbons (Fsp3) is 0.364. The van der Waals surface area contributed by atoms with Gasteiger partial charge in [-0.1, -0.05) is 24.3 Å². The number of nitrogens with zero attached hydrogens (tertiary/aromatic N) is 1. The zero-order chi connectivity index (χ0) is 18.8. The summed E-state index contributed by atoms with van der Waals surface area (Å²) in [4.78, 5) is 26.7. The van der Waals surface area contributed by atoms with Crippen LogP contribution < -0.4 is 15.0 Å². The Kier molecular flexibility index (Phi) is 4.84. The molecule has 0 aromatic heterocycles. The smallest absolute Gasteiger partial charge is 0.262 e. The van der Waals surface area contributed by atoms with E-state index in [2.05, 4.69) is 5.32 Å². The summed E-state index contributed by atoms with van der Waals surface area (Å²) in [7, 11) is 0. The number of fused-ring (bicyclic) bond motifs is 1. The van der Waals surface area contributed by atoms with Crippen molar-refractivity contribution in [1.29, 1.82) is 0 Å². The van der Waals surface area contributed by atoms with E-state index in [1.54, 1.807) is 0 Å². The third-order valence-corrected chi connectivity index (χ3v) is 5.13. The summed E-state index contributed by atoms with van der Waals surface area (Å²) in [6, 6.07) is 13.4. The number of benzene rings is 2. The van der Waals surface area contributed by atoms with Gasteiger partial charge >= 0.3 is 0 Å². The van der Waals surface area contributed by atoms with Crippen molar-refractivity contribution in [3.05, 3.63) is 53.6 Å². The summed E-state index contributed by atoms with van der Waals surface area (Å²) in [5.41, 5.74) is 3.80. The highest BCUT2D eigenvalue weighted by Gasteiger charge is 2.35. The standard InChI is InChI=1S/C22H24N2O3/c1-15-5-2-3-7-20(15)27-14-21(25)23-18-11-10-16-6-4-12-24(19(16)13-18)22(26)17-8-9-17/h2-3,5,7,10-11,13,17H,4,6,8-9,12,14H2,1H3,(H,23,25). The summed E-state index contributed by atoms with van der Waals surface area (Å²) in [5, 5.41) is 2.88. The highest BCUT2D eigenvalue weighted by atomic mass is 16.5. The van der Waals surface area contributed by atoms with Crippen molar-refractivity contribution in [3.63, 3.8) is 0 Å². The van der Waals surface area contributed by atoms with Crippen LogP contribution in [0, 0.1) is 12.8 Å². The van der Waals surface area contributed by atoms with Gasteiger partial charge in [-0.15, -0.1) is 0 Å². The molecule has 4 rings (SSSR count). The van der Waals surface area contributed by atoms with Gasteiger partial charge in [0, 0.05) is 23.8 Å². The van der Waals surface area contributed by atoms with Gasteiger partial charge in [0.1, 0.15) is 5.75 Å². The third kappa shape index (κ3) is 3.97. The average Bonchev–Trinajstić information content (AvgIpc) is 3.51. The maximum atomic E-state index is 12.6. The van der Waals surface area contributed by atoms with Crippen LogP contribution in [0.4, 0.5) is 11.4 Å². The van der Waals surface area contributed by atoms with E-state index in [1.165, 1.54) is 5.56 Å². The molecule has 0 saturated heterocycles. The van der Waals surface area contributed by atoms with Crippen molar-refractivity contribution in [1.82, 2.24) is 0 Å². The highest BCUT2D eigenvalue weighted by Crippen LogP contribution is 2.36. The number of carbonyl (C=O) groups excluding carboxylic acids is 2. The predicted molar refractivity (Wildman–Crippen MR) is 105 cm³/mol. The Labute approximate surface area is 159 Å². The van der Waals surface area contributed by atoms with Crippen LogP contribution in [0.15, 0.2) is 42.5 Å². The van der Waals surface area contributed by atoms with Crippen molar-refractivity contribution in [2.45, 2.75) is 32.6 Å². The van der Waals surface area contributed by atoms with Gasteiger partial charge in [-0.3, -0.25) is 9.59 Å². The highest BCUT2D eigenvalue weighted by molar-refractivity contribution is 5.99. The molecule has 0 bridgehead atoms. The van der Waals surface area contributed by atoms with Crippen LogP contribution in [0.25, 0.3) is 0 Å². The first kappa shape index (κ1) is 17.6. The summed E-state index contributed by atoms with van der Waals surface area (Å²) in [5.74, 6) is 0.910. The molecule has 0 atom stereocenters. The normalized spacial score (nSPS) is 15.8. The van der Waals surface area contributed by atoms with E-state index in [0.717, 1.165) is 43.5 Å². The lowest BCUT2D eigenvalue weighted by molar-refractivity contribution is -0.120. The van der Waals surface area contributed by atoms with Gasteiger partial charge in [-0.25, -0.2) is 0 Å². The fourth-order valence-electron chi connectivity index (χ4n) is 3.49. The van der Waals surface area contributed by atoms with E-state index in [9.17, 15) is 9.59 Å². The van der Waals surface area contributed by atoms with Gasteiger partial charge in [0.15, 0.2) is 6.61 Å². The molecular formula is C22H24N2O3. The van der Waals surface area contributed by atoms with Crippen molar-refractivity contribution in [3.8, 4) is 5.75 Å². The molecule has 1 aliphatic carbocycles. The molecule has 1 aliphatic heterocycles. The minimum atomic E-state index is -0.214. The predicted octanol–water partition coefficient (Wildman–Crippen LogP) is 3.70. The lowest BCUT2D eigenvalue weighted by Gasteiger charge is -2.30. The largest absolute Gasteiger partial charge is 0.483 e. The minimum Gasteiger partial charge on any atom is -0.483 e. The Morgan fingerprint density at radius 2 is 2.00 bits per heavy atom. The summed E-state index contributed by atoms with van der Waals surface area (Å²) in [6.45, 7) is 2.66. The van der Waals surface area contributed by atoms with Crippen LogP contribution in [0.2, 0.25) is 0 Å². The van der Waals surface area contributed by atoms with E-state index < -0.39 is 0 Å². The number of nitrogens with one attached hydrogen (secondary N) is 1. The molecule has 2 aliphatic rings. The molecule has 140 valence electrons. The van der Waals surface area contributed by atoms with Gasteiger partial charge in [0.05, 0.1) is 0 Å². The van der Waals surface area contributed by atoms with E-state index in [0.29, 0.717) is 11.4 Å². The van der Waals surface area contributed by atoms with Crippen LogP contribution in [0.3, 0.4) is 0 Å². The topological polar surface area (TPSA) is 58.6 Å². The number of rotatable bonds is 5. The van der Waals surface area contributed by atoms with Crippen LogP contribution in [-0.4, -0.2) is 25.0 Å². The number of ether oxygens (including phenoxy) is 1. The third-order valence-electron chi connectivity index (χ3n) is 5.13. The van der Waals surface area contributed by atoms with Gasteiger partial charge in [-0.2, -0.15) is 0 Å². The van der Waals surface area contributed by atoms with E-state index in [-0.39, 0.29) is 24.3 Å². The van der Waals surface area contributed by atoms with Gasteiger partial charge < -0.3 is 15.0 Å². The van der Waals surface area contributed by atoms with Crippen molar-refractivity contribution < 1.29 is 14.3 Å². The zero-order valence-corrected chi connectivity index (χ0v) is 15.5. The zero-order valence-electron chi connectivity index (χ0n) is 15.5. The molecule has 2 amide bonds. The molecule has 0 radical (unpaired) electrons. The van der Waals surface area contributed by atoms with E-state index in [4.69, 9.17) is 4.74 Å². The van der Waals surface area contributed by atoms with Crippen molar-refractivity contribution in [2.24, 2.45) is 5.92 Å². The fourth-order valence-corrected chi connectivity index (χ4v) is 3.49. The molecule has 1 saturated carbocycles. The molecule has 2 aromatic carbocycles. The Balaban J connectivity index is 1.43. The van der Waals surface area contributed by atoms with Gasteiger partial charge in [-0.05, 0) is 61.9 Å². The maximum Gasteiger partial charge on any atom is 0.262 e. The van der Waals surface area contributed by atoms with Crippen molar-refractivity contribution >= 4 is 23.2 Å². The Bertz CT molecular complexity index is 874. The second-order valence-corrected chi connectivity index (χ2v) is 7.31. The lowest BCUT2D eigenvalue weighted by Crippen LogP contribution is -2.36. The van der Waals surface area contributed by atoms with E-state index in [1.807, 2.05) is 54.3 Å². The van der Waals surface area contributed by atoms with Gasteiger partial charge in [0.2, 0.25) is 5.91 Å². The monoisotopic (exact) mass is 364 g/mol. The molecule has 27 heavy (non-hydrogen) atoms. The number of amides is 2. The molecule has 0 unspecified atom stereocenters. The van der Waals surface area contributed by atoms with Crippen LogP contribution in [0.5, 0.6) is 5.75 Å². The van der Waals surface area contributed by atoms with Crippen LogP contribution in [-0.2, 0) is 16.0 Å². The number of anilines is 2. The molecular weight excluding hydrogens is 340 g/mol. The quantitative estimate of drug-likeness (QED) is 0.880. The Morgan fingerprint density at radius 1 is 1.19 bits per heavy atom. The summed E-state index contributed by atoms with van der Waals surface area (Å²) >= 11 is 0. The molecule has 1 fully saturated rings. The number of hydrogen-bond acceptors (Lipinski definition) is 3. The molecule has 2 aromatic rings. The molecule has 5 heteroatoms. The Morgan fingerprint density at radius 3 is 2.78 bits per heavy atom. The summed E-state index contributed by atoms with van der Waals surface area (Å²) in [6.07, 6.45) is 3.95. The van der Waals surface area contributed by atoms with Crippen LogP contribution >= 0.6 is 0 Å². The Hall–Kier alpha value is -2.82. The maximum absolute atomic E-state index is 12.6. The first-order chi connectivity index (χ1) is 13.1. The lowest BCUT2D eigenvalue weighted by atomic mass is 10.0. The van der Waals surface area contributed by atoms with Gasteiger partial charge in [0.25, 0.3) is 5.91 Å². The molecule has 1 heterocycles. The summed E-state index contributed by atoms with van der Waals surface area (Å²) < 4.78 is 5.61. The minimum absolute atomic E-state index is 0.0490. The molecule has 0 spiro atoms. The number of aryl methyl sites for hydroxylation is 2. The average molecular weight is 364 g/mol. The van der Waals surface area contributed by atoms with E-state index >= 15 is 0 Å². The van der Waals surface area contributed by atoms with Crippen molar-refractivity contribution in [2.75, 3.05) is 23.4 Å². The van der Waals surface area contributed by atoms with Crippen LogP contribution in [0.1, 0.15) is 30.4 Å². The number of carbonyl (C=O) groups is 2. The second-order valence-electron chi connectivity index (χ2n) is 7.31.